The number of amides is 1. The summed E-state index contributed by atoms with van der Waals surface area (Å²) in [6.07, 6.45) is -0.273. The first kappa shape index (κ1) is 16.9. The monoisotopic (exact) mass is 343 g/mol. The predicted molar refractivity (Wildman–Crippen MR) is 94.4 cm³/mol. The van der Waals surface area contributed by atoms with Crippen LogP contribution in [0.2, 0.25) is 0 Å². The molecule has 3 rings (SSSR count). The van der Waals surface area contributed by atoms with Crippen molar-refractivity contribution in [2.75, 3.05) is 6.61 Å². The Morgan fingerprint density at radius 2 is 1.79 bits per heavy atom. The summed E-state index contributed by atoms with van der Waals surface area (Å²) in [5.74, 6) is 0. The van der Waals surface area contributed by atoms with E-state index in [9.17, 15) is 9.90 Å². The zero-order chi connectivity index (χ0) is 17.2. The van der Waals surface area contributed by atoms with Crippen LogP contribution in [0.1, 0.15) is 19.4 Å². The van der Waals surface area contributed by atoms with Gasteiger partial charge in [0.15, 0.2) is 0 Å². The van der Waals surface area contributed by atoms with Crippen LogP contribution in [0.5, 0.6) is 0 Å². The van der Waals surface area contributed by atoms with Crippen molar-refractivity contribution in [3.05, 3.63) is 60.2 Å². The Hall–Kier alpha value is -1.98. The Bertz CT molecular complexity index is 700. The average molecular weight is 343 g/mol. The van der Waals surface area contributed by atoms with Gasteiger partial charge >= 0.3 is 6.09 Å². The largest absolute Gasteiger partial charge is 0.465 e. The van der Waals surface area contributed by atoms with E-state index in [1.54, 1.807) is 25.6 Å². The molecule has 24 heavy (non-hydrogen) atoms. The molecule has 1 amide bonds. The molecule has 1 N–H and O–H groups in total. The van der Waals surface area contributed by atoms with Gasteiger partial charge in [-0.05, 0) is 50.1 Å². The van der Waals surface area contributed by atoms with Crippen LogP contribution in [0, 0.1) is 0 Å². The number of hydrogen-bond acceptors (Lipinski definition) is 3. The third-order valence-corrected chi connectivity index (χ3v) is 5.17. The molecule has 0 aromatic heterocycles. The first-order valence-corrected chi connectivity index (χ1v) is 8.75. The SMILES string of the molecule is CC1(C)OCC(Cc2ccc(Sc3ccccc3)cc2)N1C(=O)O. The number of hydrogen-bond donors (Lipinski definition) is 1. The fourth-order valence-corrected chi connectivity index (χ4v) is 3.85. The van der Waals surface area contributed by atoms with Gasteiger partial charge in [-0.1, -0.05) is 42.1 Å². The Kier molecular flexibility index (Phi) is 4.83. The molecule has 0 spiro atoms. The summed E-state index contributed by atoms with van der Waals surface area (Å²) in [7, 11) is 0. The van der Waals surface area contributed by atoms with E-state index in [-0.39, 0.29) is 6.04 Å². The summed E-state index contributed by atoms with van der Waals surface area (Å²) in [6.45, 7) is 4.02. The predicted octanol–water partition coefficient (Wildman–Crippen LogP) is 4.50. The van der Waals surface area contributed by atoms with Crippen molar-refractivity contribution in [3.63, 3.8) is 0 Å². The number of ether oxygens (including phenoxy) is 1. The maximum Gasteiger partial charge on any atom is 0.409 e. The molecule has 5 heteroatoms. The highest BCUT2D eigenvalue weighted by Gasteiger charge is 2.43. The number of carboxylic acid groups (broad SMARTS) is 1. The number of benzene rings is 2. The van der Waals surface area contributed by atoms with Gasteiger partial charge in [-0.15, -0.1) is 0 Å². The molecule has 2 aromatic rings. The minimum absolute atomic E-state index is 0.148. The van der Waals surface area contributed by atoms with E-state index < -0.39 is 11.8 Å². The molecule has 1 unspecified atom stereocenters. The maximum absolute atomic E-state index is 11.5. The second-order valence-electron chi connectivity index (χ2n) is 6.33. The molecule has 4 nitrogen and oxygen atoms in total. The van der Waals surface area contributed by atoms with Gasteiger partial charge in [-0.3, -0.25) is 4.90 Å². The summed E-state index contributed by atoms with van der Waals surface area (Å²) in [6, 6.07) is 18.4. The fraction of sp³-hybridized carbons (Fsp3) is 0.316. The van der Waals surface area contributed by atoms with Gasteiger partial charge in [-0.25, -0.2) is 4.79 Å². The smallest absolute Gasteiger partial charge is 0.409 e. The normalized spacial score (nSPS) is 19.4. The molecule has 1 fully saturated rings. The zero-order valence-electron chi connectivity index (χ0n) is 13.8. The van der Waals surface area contributed by atoms with Crippen LogP contribution < -0.4 is 0 Å². The lowest BCUT2D eigenvalue weighted by molar-refractivity contribution is -0.0419. The fourth-order valence-electron chi connectivity index (χ4n) is 3.01. The van der Waals surface area contributed by atoms with Crippen LogP contribution >= 0.6 is 11.8 Å². The van der Waals surface area contributed by atoms with E-state index >= 15 is 0 Å². The molecule has 0 bridgehead atoms. The van der Waals surface area contributed by atoms with Crippen LogP contribution in [0.25, 0.3) is 0 Å². The van der Waals surface area contributed by atoms with Crippen LogP contribution in [0.4, 0.5) is 4.79 Å². The Labute approximate surface area is 146 Å². The van der Waals surface area contributed by atoms with Crippen LogP contribution in [0.3, 0.4) is 0 Å². The second-order valence-corrected chi connectivity index (χ2v) is 7.47. The van der Waals surface area contributed by atoms with Crippen molar-refractivity contribution >= 4 is 17.9 Å². The molecule has 0 saturated carbocycles. The summed E-state index contributed by atoms with van der Waals surface area (Å²) in [4.78, 5) is 15.3. The topological polar surface area (TPSA) is 49.8 Å². The van der Waals surface area contributed by atoms with Gasteiger partial charge in [0.2, 0.25) is 0 Å². The highest BCUT2D eigenvalue weighted by Crippen LogP contribution is 2.31. The summed E-state index contributed by atoms with van der Waals surface area (Å²) in [5, 5.41) is 9.45. The van der Waals surface area contributed by atoms with Crippen molar-refractivity contribution in [1.29, 1.82) is 0 Å². The first-order chi connectivity index (χ1) is 11.5. The Morgan fingerprint density at radius 3 is 2.42 bits per heavy atom. The first-order valence-electron chi connectivity index (χ1n) is 7.94. The third kappa shape index (κ3) is 3.74. The molecule has 1 saturated heterocycles. The van der Waals surface area contributed by atoms with Crippen molar-refractivity contribution in [3.8, 4) is 0 Å². The van der Waals surface area contributed by atoms with E-state index in [0.717, 1.165) is 5.56 Å². The van der Waals surface area contributed by atoms with Crippen LogP contribution in [-0.2, 0) is 11.2 Å². The third-order valence-electron chi connectivity index (χ3n) is 4.15. The lowest BCUT2D eigenvalue weighted by Crippen LogP contribution is -2.47. The summed E-state index contributed by atoms with van der Waals surface area (Å²) >= 11 is 1.72. The molecular weight excluding hydrogens is 322 g/mol. The molecule has 0 aliphatic carbocycles. The average Bonchev–Trinajstić information content (AvgIpc) is 2.85. The molecular formula is C19H21NO3S. The molecule has 0 radical (unpaired) electrons. The van der Waals surface area contributed by atoms with Gasteiger partial charge in [0.05, 0.1) is 12.6 Å². The number of rotatable bonds is 4. The highest BCUT2D eigenvalue weighted by atomic mass is 32.2. The second kappa shape index (κ2) is 6.87. The van der Waals surface area contributed by atoms with Gasteiger partial charge in [0.1, 0.15) is 5.72 Å². The highest BCUT2D eigenvalue weighted by molar-refractivity contribution is 7.99. The Balaban J connectivity index is 1.67. The van der Waals surface area contributed by atoms with E-state index in [0.29, 0.717) is 13.0 Å². The molecule has 2 aromatic carbocycles. The Morgan fingerprint density at radius 1 is 1.17 bits per heavy atom. The molecule has 1 aliphatic rings. The van der Waals surface area contributed by atoms with Crippen molar-refractivity contribution in [2.45, 2.75) is 41.8 Å². The molecule has 1 atom stereocenters. The molecule has 126 valence electrons. The quantitative estimate of drug-likeness (QED) is 0.888. The lowest BCUT2D eigenvalue weighted by atomic mass is 10.1. The minimum atomic E-state index is -0.932. The zero-order valence-corrected chi connectivity index (χ0v) is 14.6. The number of nitrogens with zero attached hydrogens (tertiary/aromatic N) is 1. The minimum Gasteiger partial charge on any atom is -0.465 e. The van der Waals surface area contributed by atoms with Gasteiger partial charge in [0, 0.05) is 9.79 Å². The maximum atomic E-state index is 11.5. The molecule has 1 aliphatic heterocycles. The van der Waals surface area contributed by atoms with Crippen molar-refractivity contribution in [1.82, 2.24) is 4.90 Å². The van der Waals surface area contributed by atoms with Gasteiger partial charge in [-0.2, -0.15) is 0 Å². The summed E-state index contributed by atoms with van der Waals surface area (Å²) < 4.78 is 5.64. The number of carbonyl (C=O) groups is 1. The van der Waals surface area contributed by atoms with E-state index in [1.165, 1.54) is 14.7 Å². The van der Waals surface area contributed by atoms with E-state index in [2.05, 4.69) is 36.4 Å². The van der Waals surface area contributed by atoms with E-state index in [1.807, 2.05) is 18.2 Å². The van der Waals surface area contributed by atoms with Crippen molar-refractivity contribution < 1.29 is 14.6 Å². The lowest BCUT2D eigenvalue weighted by Gasteiger charge is -2.31. The van der Waals surface area contributed by atoms with Crippen LogP contribution in [0.15, 0.2) is 64.4 Å². The summed E-state index contributed by atoms with van der Waals surface area (Å²) in [5.41, 5.74) is 0.351. The van der Waals surface area contributed by atoms with Gasteiger partial charge in [0.25, 0.3) is 0 Å². The van der Waals surface area contributed by atoms with Gasteiger partial charge < -0.3 is 9.84 Å². The standard InChI is InChI=1S/C19H21NO3S/c1-19(2)20(18(21)22)15(13-23-19)12-14-8-10-17(11-9-14)24-16-6-4-3-5-7-16/h3-11,15H,12-13H2,1-2H3,(H,21,22). The van der Waals surface area contributed by atoms with Crippen LogP contribution in [-0.4, -0.2) is 34.5 Å². The van der Waals surface area contributed by atoms with E-state index in [4.69, 9.17) is 4.74 Å². The molecule has 1 heterocycles. The van der Waals surface area contributed by atoms with Crippen molar-refractivity contribution in [2.24, 2.45) is 0 Å².